The van der Waals surface area contributed by atoms with E-state index in [9.17, 15) is 19.5 Å². The molecule has 1 fully saturated rings. The Labute approximate surface area is 149 Å². The van der Waals surface area contributed by atoms with E-state index >= 15 is 0 Å². The Morgan fingerprint density at radius 2 is 2.12 bits per heavy atom. The molecule has 26 heavy (non-hydrogen) atoms. The monoisotopic (exact) mass is 357 g/mol. The van der Waals surface area contributed by atoms with Gasteiger partial charge in [-0.25, -0.2) is 14.5 Å². The number of rotatable bonds is 3. The molecule has 2 aliphatic heterocycles. The van der Waals surface area contributed by atoms with Crippen molar-refractivity contribution in [2.75, 3.05) is 13.7 Å². The predicted molar refractivity (Wildman–Crippen MR) is 92.0 cm³/mol. The van der Waals surface area contributed by atoms with Gasteiger partial charge < -0.3 is 19.7 Å². The van der Waals surface area contributed by atoms with Crippen LogP contribution in [0.5, 0.6) is 5.75 Å². The third-order valence-corrected chi connectivity index (χ3v) is 5.54. The highest BCUT2D eigenvalue weighted by molar-refractivity contribution is 6.10. The van der Waals surface area contributed by atoms with Crippen molar-refractivity contribution >= 4 is 28.8 Å². The molecule has 0 bridgehead atoms. The van der Waals surface area contributed by atoms with Crippen molar-refractivity contribution in [2.45, 2.75) is 31.8 Å². The molecule has 8 heteroatoms. The van der Waals surface area contributed by atoms with Gasteiger partial charge >= 0.3 is 12.0 Å². The van der Waals surface area contributed by atoms with Crippen LogP contribution >= 0.6 is 0 Å². The molecule has 4 rings (SSSR count). The fourth-order valence-corrected chi connectivity index (χ4v) is 4.02. The number of methoxy groups -OCH3 is 1. The lowest BCUT2D eigenvalue weighted by molar-refractivity contribution is -0.147. The van der Waals surface area contributed by atoms with Crippen molar-refractivity contribution in [2.24, 2.45) is 0 Å². The number of carbonyl (C=O) groups excluding carboxylic acids is 2. The van der Waals surface area contributed by atoms with Crippen LogP contribution in [0.4, 0.5) is 4.79 Å². The number of H-pyrrole nitrogens is 1. The number of aliphatic carboxylic acids is 1. The SMILES string of the molecule is COc1ccc2[nH]c3c(c2c1)CCN1C(=O)N([C@H](C)C(=O)O)C(=O)[C@@]31C. The van der Waals surface area contributed by atoms with Crippen LogP contribution in [0.25, 0.3) is 10.9 Å². The first kappa shape index (κ1) is 16.4. The molecule has 0 aliphatic carbocycles. The molecule has 2 aliphatic rings. The van der Waals surface area contributed by atoms with Gasteiger partial charge in [-0.15, -0.1) is 0 Å². The molecular formula is C18H19N3O5. The van der Waals surface area contributed by atoms with Crippen molar-refractivity contribution < 1.29 is 24.2 Å². The Kier molecular flexibility index (Phi) is 3.31. The van der Waals surface area contributed by atoms with Crippen LogP contribution in [0.1, 0.15) is 25.1 Å². The Balaban J connectivity index is 1.89. The molecule has 2 atom stereocenters. The van der Waals surface area contributed by atoms with Gasteiger partial charge in [0.25, 0.3) is 5.91 Å². The van der Waals surface area contributed by atoms with E-state index in [-0.39, 0.29) is 0 Å². The maximum Gasteiger partial charge on any atom is 0.328 e. The van der Waals surface area contributed by atoms with Gasteiger partial charge in [0.2, 0.25) is 0 Å². The minimum Gasteiger partial charge on any atom is -0.497 e. The Morgan fingerprint density at radius 3 is 2.77 bits per heavy atom. The molecular weight excluding hydrogens is 338 g/mol. The van der Waals surface area contributed by atoms with Gasteiger partial charge in [-0.2, -0.15) is 0 Å². The molecule has 2 aromatic rings. The number of benzene rings is 1. The summed E-state index contributed by atoms with van der Waals surface area (Å²) in [6.07, 6.45) is 0.576. The topological polar surface area (TPSA) is 103 Å². The summed E-state index contributed by atoms with van der Waals surface area (Å²) in [6.45, 7) is 3.37. The summed E-state index contributed by atoms with van der Waals surface area (Å²) in [6, 6.07) is 3.83. The zero-order chi connectivity index (χ0) is 18.8. The van der Waals surface area contributed by atoms with E-state index in [1.807, 2.05) is 18.2 Å². The van der Waals surface area contributed by atoms with Crippen molar-refractivity contribution in [3.8, 4) is 5.75 Å². The highest BCUT2D eigenvalue weighted by Gasteiger charge is 2.60. The fraction of sp³-hybridized carbons (Fsp3) is 0.389. The van der Waals surface area contributed by atoms with Crippen LogP contribution in [0.3, 0.4) is 0 Å². The smallest absolute Gasteiger partial charge is 0.328 e. The van der Waals surface area contributed by atoms with Crippen LogP contribution < -0.4 is 4.74 Å². The normalized spacial score (nSPS) is 23.2. The summed E-state index contributed by atoms with van der Waals surface area (Å²) >= 11 is 0. The first-order valence-corrected chi connectivity index (χ1v) is 8.37. The predicted octanol–water partition coefficient (Wildman–Crippen LogP) is 1.69. The first-order chi connectivity index (χ1) is 12.3. The fourth-order valence-electron chi connectivity index (χ4n) is 4.02. The number of nitrogens with one attached hydrogen (secondary N) is 1. The lowest BCUT2D eigenvalue weighted by Crippen LogP contribution is -2.49. The van der Waals surface area contributed by atoms with Gasteiger partial charge in [0.05, 0.1) is 12.8 Å². The summed E-state index contributed by atoms with van der Waals surface area (Å²) < 4.78 is 5.29. The molecule has 0 saturated carbocycles. The summed E-state index contributed by atoms with van der Waals surface area (Å²) in [7, 11) is 1.59. The van der Waals surface area contributed by atoms with Crippen molar-refractivity contribution in [1.82, 2.24) is 14.8 Å². The molecule has 0 unspecified atom stereocenters. The molecule has 0 radical (unpaired) electrons. The highest BCUT2D eigenvalue weighted by atomic mass is 16.5. The standard InChI is InChI=1S/C18H19N3O5/c1-9(15(22)23)21-16(24)18(2)14-11(6-7-20(18)17(21)25)12-8-10(26-3)4-5-13(12)19-14/h4-5,8-9,19H,6-7H2,1-3H3,(H,22,23)/t9-,18-/m1/s1. The Hall–Kier alpha value is -3.03. The molecule has 8 nitrogen and oxygen atoms in total. The van der Waals surface area contributed by atoms with E-state index < -0.39 is 29.5 Å². The maximum absolute atomic E-state index is 13.1. The third kappa shape index (κ3) is 1.86. The van der Waals surface area contributed by atoms with E-state index in [4.69, 9.17) is 4.74 Å². The van der Waals surface area contributed by atoms with Crippen LogP contribution in [0.15, 0.2) is 18.2 Å². The number of nitrogens with zero attached hydrogens (tertiary/aromatic N) is 2. The third-order valence-electron chi connectivity index (χ3n) is 5.54. The lowest BCUT2D eigenvalue weighted by Gasteiger charge is -2.36. The zero-order valence-corrected chi connectivity index (χ0v) is 14.7. The van der Waals surface area contributed by atoms with Crippen LogP contribution in [0.2, 0.25) is 0 Å². The lowest BCUT2D eigenvalue weighted by atomic mass is 9.87. The number of hydrogen-bond acceptors (Lipinski definition) is 4. The van der Waals surface area contributed by atoms with Crippen molar-refractivity contribution in [3.05, 3.63) is 29.5 Å². The van der Waals surface area contributed by atoms with Crippen LogP contribution in [-0.2, 0) is 21.5 Å². The van der Waals surface area contributed by atoms with Gasteiger partial charge in [0, 0.05) is 17.4 Å². The van der Waals surface area contributed by atoms with Gasteiger partial charge in [-0.05, 0) is 44.0 Å². The molecule has 3 heterocycles. The number of urea groups is 1. The second-order valence-electron chi connectivity index (χ2n) is 6.84. The number of amides is 3. The van der Waals surface area contributed by atoms with E-state index in [0.29, 0.717) is 24.4 Å². The number of aromatic amines is 1. The second kappa shape index (κ2) is 5.23. The molecule has 136 valence electrons. The number of carboxylic acids is 1. The number of ether oxygens (including phenoxy) is 1. The molecule has 1 saturated heterocycles. The van der Waals surface area contributed by atoms with Crippen molar-refractivity contribution in [3.63, 3.8) is 0 Å². The van der Waals surface area contributed by atoms with E-state index in [0.717, 1.165) is 21.4 Å². The average Bonchev–Trinajstić information content (AvgIpc) is 3.08. The van der Waals surface area contributed by atoms with Gasteiger partial charge in [-0.3, -0.25) is 4.79 Å². The number of hydrogen-bond donors (Lipinski definition) is 2. The highest BCUT2D eigenvalue weighted by Crippen LogP contribution is 2.44. The largest absolute Gasteiger partial charge is 0.497 e. The number of carboxylic acid groups (broad SMARTS) is 1. The summed E-state index contributed by atoms with van der Waals surface area (Å²) in [5.41, 5.74) is 1.22. The van der Waals surface area contributed by atoms with Crippen molar-refractivity contribution in [1.29, 1.82) is 0 Å². The number of carbonyl (C=O) groups is 3. The van der Waals surface area contributed by atoms with Gasteiger partial charge in [0.1, 0.15) is 11.8 Å². The average molecular weight is 357 g/mol. The number of aromatic nitrogens is 1. The van der Waals surface area contributed by atoms with Gasteiger partial charge in [0.15, 0.2) is 5.54 Å². The Morgan fingerprint density at radius 1 is 1.38 bits per heavy atom. The molecule has 2 N–H and O–H groups in total. The van der Waals surface area contributed by atoms with Crippen LogP contribution in [-0.4, -0.2) is 57.5 Å². The van der Waals surface area contributed by atoms with Crippen LogP contribution in [0, 0.1) is 0 Å². The summed E-state index contributed by atoms with van der Waals surface area (Å²) in [5.74, 6) is -1.02. The molecule has 3 amide bonds. The van der Waals surface area contributed by atoms with E-state index in [2.05, 4.69) is 4.98 Å². The Bertz CT molecular complexity index is 965. The number of fused-ring (bicyclic) bond motifs is 5. The molecule has 1 aromatic carbocycles. The quantitative estimate of drug-likeness (QED) is 0.814. The first-order valence-electron chi connectivity index (χ1n) is 8.37. The summed E-state index contributed by atoms with van der Waals surface area (Å²) in [4.78, 5) is 42.8. The zero-order valence-electron chi connectivity index (χ0n) is 14.7. The minimum absolute atomic E-state index is 0.348. The molecule has 1 aromatic heterocycles. The van der Waals surface area contributed by atoms with E-state index in [1.54, 1.807) is 14.0 Å². The summed E-state index contributed by atoms with van der Waals surface area (Å²) in [5, 5.41) is 10.2. The maximum atomic E-state index is 13.1. The number of imide groups is 1. The molecule has 0 spiro atoms. The van der Waals surface area contributed by atoms with E-state index in [1.165, 1.54) is 11.8 Å². The second-order valence-corrected chi connectivity index (χ2v) is 6.84. The minimum atomic E-state index is -1.24. The van der Waals surface area contributed by atoms with Gasteiger partial charge in [-0.1, -0.05) is 0 Å².